The fourth-order valence-corrected chi connectivity index (χ4v) is 3.22. The van der Waals surface area contributed by atoms with Gasteiger partial charge in [0.25, 0.3) is 0 Å². The van der Waals surface area contributed by atoms with Gasteiger partial charge in [-0.3, -0.25) is 9.59 Å². The van der Waals surface area contributed by atoms with Crippen LogP contribution in [0, 0.1) is 5.92 Å². The maximum Gasteiger partial charge on any atom is 0.242 e. The molecule has 1 aromatic carbocycles. The van der Waals surface area contributed by atoms with Gasteiger partial charge in [-0.1, -0.05) is 44.2 Å². The molecular weight excluding hydrogens is 366 g/mol. The van der Waals surface area contributed by atoms with Crippen LogP contribution in [0.25, 0.3) is 0 Å². The summed E-state index contributed by atoms with van der Waals surface area (Å²) in [6.45, 7) is 8.44. The van der Waals surface area contributed by atoms with Crippen LogP contribution in [0.5, 0.6) is 0 Å². The molecule has 0 spiro atoms. The average Bonchev–Trinajstić information content (AvgIpc) is 3.11. The lowest BCUT2D eigenvalue weighted by Crippen LogP contribution is -2.44. The SMILES string of the molecule is COCCN(Cc1cccn1Cc1ccccc1)C(=O)CN(CC(C)C)C(C)=O. The van der Waals surface area contributed by atoms with E-state index in [0.717, 1.165) is 12.2 Å². The van der Waals surface area contributed by atoms with Crippen molar-refractivity contribution < 1.29 is 14.3 Å². The summed E-state index contributed by atoms with van der Waals surface area (Å²) < 4.78 is 7.36. The maximum atomic E-state index is 13.0. The fraction of sp³-hybridized carbons (Fsp3) is 0.478. The number of ether oxygens (including phenoxy) is 1. The Labute approximate surface area is 174 Å². The highest BCUT2D eigenvalue weighted by atomic mass is 16.5. The Bertz CT molecular complexity index is 771. The first-order chi connectivity index (χ1) is 13.9. The molecule has 0 unspecified atom stereocenters. The molecule has 0 aliphatic carbocycles. The molecule has 0 saturated heterocycles. The Morgan fingerprint density at radius 2 is 1.79 bits per heavy atom. The van der Waals surface area contributed by atoms with E-state index < -0.39 is 0 Å². The molecule has 6 heteroatoms. The number of methoxy groups -OCH3 is 1. The molecule has 0 fully saturated rings. The van der Waals surface area contributed by atoms with E-state index in [0.29, 0.717) is 32.2 Å². The molecule has 0 saturated carbocycles. The average molecular weight is 400 g/mol. The highest BCUT2D eigenvalue weighted by Gasteiger charge is 2.21. The lowest BCUT2D eigenvalue weighted by molar-refractivity contribution is -0.140. The standard InChI is InChI=1S/C23H33N3O3/c1-19(2)15-26(20(3)27)18-23(28)25(13-14-29-4)17-22-11-8-12-24(22)16-21-9-6-5-7-10-21/h5-12,19H,13-18H2,1-4H3. The zero-order chi connectivity index (χ0) is 21.2. The largest absolute Gasteiger partial charge is 0.383 e. The number of carbonyl (C=O) groups is 2. The summed E-state index contributed by atoms with van der Waals surface area (Å²) >= 11 is 0. The number of carbonyl (C=O) groups excluding carboxylic acids is 2. The Balaban J connectivity index is 2.11. The summed E-state index contributed by atoms with van der Waals surface area (Å²) in [6.07, 6.45) is 2.03. The van der Waals surface area contributed by atoms with Crippen molar-refractivity contribution in [2.24, 2.45) is 5.92 Å². The minimum atomic E-state index is -0.0776. The summed E-state index contributed by atoms with van der Waals surface area (Å²) in [5.74, 6) is 0.166. The van der Waals surface area contributed by atoms with Gasteiger partial charge in [0.15, 0.2) is 0 Å². The van der Waals surface area contributed by atoms with Crippen molar-refractivity contribution in [3.8, 4) is 0 Å². The van der Waals surface area contributed by atoms with Crippen molar-refractivity contribution in [1.82, 2.24) is 14.4 Å². The Hall–Kier alpha value is -2.60. The van der Waals surface area contributed by atoms with Crippen molar-refractivity contribution in [2.75, 3.05) is 33.4 Å². The second-order valence-corrected chi connectivity index (χ2v) is 7.71. The quantitative estimate of drug-likeness (QED) is 0.584. The predicted octanol–water partition coefficient (Wildman–Crippen LogP) is 3.02. The topological polar surface area (TPSA) is 54.8 Å². The van der Waals surface area contributed by atoms with Crippen molar-refractivity contribution >= 4 is 11.8 Å². The molecule has 0 bridgehead atoms. The number of amides is 2. The van der Waals surface area contributed by atoms with Crippen LogP contribution in [0.4, 0.5) is 0 Å². The number of hydrogen-bond donors (Lipinski definition) is 0. The number of nitrogens with zero attached hydrogens (tertiary/aromatic N) is 3. The molecule has 2 aromatic rings. The van der Waals surface area contributed by atoms with E-state index >= 15 is 0 Å². The molecule has 2 amide bonds. The lowest BCUT2D eigenvalue weighted by atomic mass is 10.2. The first-order valence-electron chi connectivity index (χ1n) is 10.1. The van der Waals surface area contributed by atoms with Gasteiger partial charge in [-0.15, -0.1) is 0 Å². The molecule has 0 radical (unpaired) electrons. The maximum absolute atomic E-state index is 13.0. The van der Waals surface area contributed by atoms with E-state index in [1.54, 1.807) is 16.9 Å². The van der Waals surface area contributed by atoms with Gasteiger partial charge in [-0.2, -0.15) is 0 Å². The summed E-state index contributed by atoms with van der Waals surface area (Å²) in [7, 11) is 1.63. The number of benzene rings is 1. The van der Waals surface area contributed by atoms with E-state index in [1.807, 2.05) is 50.4 Å². The first-order valence-corrected chi connectivity index (χ1v) is 10.1. The third-order valence-electron chi connectivity index (χ3n) is 4.75. The van der Waals surface area contributed by atoms with Gasteiger partial charge in [0.2, 0.25) is 11.8 Å². The summed E-state index contributed by atoms with van der Waals surface area (Å²) in [5.41, 5.74) is 2.26. The molecule has 0 aliphatic heterocycles. The van der Waals surface area contributed by atoms with E-state index in [2.05, 4.69) is 16.7 Å². The van der Waals surface area contributed by atoms with Crippen LogP contribution >= 0.6 is 0 Å². The van der Waals surface area contributed by atoms with Crippen LogP contribution in [0.15, 0.2) is 48.7 Å². The van der Waals surface area contributed by atoms with Crippen LogP contribution in [-0.4, -0.2) is 59.5 Å². The van der Waals surface area contributed by atoms with Crippen molar-refractivity contribution in [1.29, 1.82) is 0 Å². The molecular formula is C23H33N3O3. The van der Waals surface area contributed by atoms with Crippen LogP contribution in [0.3, 0.4) is 0 Å². The Morgan fingerprint density at radius 3 is 2.41 bits per heavy atom. The van der Waals surface area contributed by atoms with E-state index in [9.17, 15) is 9.59 Å². The molecule has 29 heavy (non-hydrogen) atoms. The van der Waals surface area contributed by atoms with Crippen molar-refractivity contribution in [3.63, 3.8) is 0 Å². The smallest absolute Gasteiger partial charge is 0.242 e. The molecule has 0 atom stereocenters. The Morgan fingerprint density at radius 1 is 1.07 bits per heavy atom. The van der Waals surface area contributed by atoms with E-state index in [-0.39, 0.29) is 18.4 Å². The van der Waals surface area contributed by atoms with Gasteiger partial charge in [0.05, 0.1) is 19.7 Å². The van der Waals surface area contributed by atoms with Crippen LogP contribution in [-0.2, 0) is 27.4 Å². The molecule has 2 rings (SSSR count). The third kappa shape index (κ3) is 7.38. The monoisotopic (exact) mass is 399 g/mol. The zero-order valence-electron chi connectivity index (χ0n) is 18.0. The predicted molar refractivity (Wildman–Crippen MR) is 114 cm³/mol. The third-order valence-corrected chi connectivity index (χ3v) is 4.75. The minimum absolute atomic E-state index is 0.0645. The second kappa shape index (κ2) is 11.4. The molecule has 6 nitrogen and oxygen atoms in total. The minimum Gasteiger partial charge on any atom is -0.383 e. The van der Waals surface area contributed by atoms with Crippen molar-refractivity contribution in [3.05, 3.63) is 59.9 Å². The second-order valence-electron chi connectivity index (χ2n) is 7.71. The van der Waals surface area contributed by atoms with E-state index in [1.165, 1.54) is 12.5 Å². The van der Waals surface area contributed by atoms with Gasteiger partial charge >= 0.3 is 0 Å². The van der Waals surface area contributed by atoms with Gasteiger partial charge in [0, 0.05) is 45.6 Å². The van der Waals surface area contributed by atoms with Gasteiger partial charge in [-0.05, 0) is 23.6 Å². The molecule has 1 heterocycles. The molecule has 0 N–H and O–H groups in total. The fourth-order valence-electron chi connectivity index (χ4n) is 3.22. The summed E-state index contributed by atoms with van der Waals surface area (Å²) in [5, 5.41) is 0. The van der Waals surface area contributed by atoms with Crippen LogP contribution in [0.1, 0.15) is 32.0 Å². The summed E-state index contributed by atoms with van der Waals surface area (Å²) in [6, 6.07) is 14.3. The van der Waals surface area contributed by atoms with Crippen LogP contribution < -0.4 is 0 Å². The van der Waals surface area contributed by atoms with E-state index in [4.69, 9.17) is 4.74 Å². The highest BCUT2D eigenvalue weighted by molar-refractivity contribution is 5.83. The normalized spacial score (nSPS) is 10.9. The first kappa shape index (κ1) is 22.7. The molecule has 158 valence electrons. The number of aromatic nitrogens is 1. The van der Waals surface area contributed by atoms with Gasteiger partial charge < -0.3 is 19.1 Å². The number of rotatable bonds is 11. The lowest BCUT2D eigenvalue weighted by Gasteiger charge is -2.28. The van der Waals surface area contributed by atoms with Crippen LogP contribution in [0.2, 0.25) is 0 Å². The zero-order valence-corrected chi connectivity index (χ0v) is 18.0. The number of hydrogen-bond acceptors (Lipinski definition) is 3. The van der Waals surface area contributed by atoms with Crippen molar-refractivity contribution in [2.45, 2.75) is 33.9 Å². The van der Waals surface area contributed by atoms with Gasteiger partial charge in [-0.25, -0.2) is 0 Å². The Kier molecular flexibility index (Phi) is 8.93. The molecule has 0 aliphatic rings. The van der Waals surface area contributed by atoms with Gasteiger partial charge in [0.1, 0.15) is 0 Å². The molecule has 1 aromatic heterocycles. The highest BCUT2D eigenvalue weighted by Crippen LogP contribution is 2.12. The summed E-state index contributed by atoms with van der Waals surface area (Å²) in [4.78, 5) is 28.4.